The molecule has 4 unspecified atom stereocenters. The largest absolute Gasteiger partial charge is 0.507 e. The van der Waals surface area contributed by atoms with E-state index in [2.05, 4.69) is 50.8 Å². The summed E-state index contributed by atoms with van der Waals surface area (Å²) in [6, 6.07) is 10.1. The summed E-state index contributed by atoms with van der Waals surface area (Å²) in [7, 11) is 0. The number of rotatable bonds is 4. The van der Waals surface area contributed by atoms with E-state index >= 15 is 0 Å². The molecule has 2 aromatic rings. The molecule has 0 spiro atoms. The molecular formula is C28H30O2. The van der Waals surface area contributed by atoms with Crippen molar-refractivity contribution < 1.29 is 10.2 Å². The molecule has 4 atom stereocenters. The van der Waals surface area contributed by atoms with Crippen molar-refractivity contribution in [2.75, 3.05) is 0 Å². The molecule has 1 fully saturated rings. The van der Waals surface area contributed by atoms with Gasteiger partial charge in [0.1, 0.15) is 11.5 Å². The predicted molar refractivity (Wildman–Crippen MR) is 123 cm³/mol. The minimum Gasteiger partial charge on any atom is -0.507 e. The fourth-order valence-corrected chi connectivity index (χ4v) is 6.11. The molecule has 2 N–H and O–H groups in total. The lowest BCUT2D eigenvalue weighted by Gasteiger charge is -2.26. The smallest absolute Gasteiger partial charge is 0.126 e. The monoisotopic (exact) mass is 398 g/mol. The van der Waals surface area contributed by atoms with Crippen LogP contribution in [0.5, 0.6) is 11.5 Å². The van der Waals surface area contributed by atoms with Crippen LogP contribution in [0.2, 0.25) is 0 Å². The molecule has 2 heteroatoms. The van der Waals surface area contributed by atoms with Crippen LogP contribution < -0.4 is 0 Å². The molecule has 0 aromatic heterocycles. The quantitative estimate of drug-likeness (QED) is 0.571. The Morgan fingerprint density at radius 3 is 2.57 bits per heavy atom. The van der Waals surface area contributed by atoms with Gasteiger partial charge < -0.3 is 10.2 Å². The van der Waals surface area contributed by atoms with Gasteiger partial charge >= 0.3 is 0 Å². The molecular weight excluding hydrogens is 368 g/mol. The molecule has 0 heterocycles. The van der Waals surface area contributed by atoms with E-state index < -0.39 is 0 Å². The normalized spacial score (nSPS) is 26.5. The summed E-state index contributed by atoms with van der Waals surface area (Å²) in [4.78, 5) is 0. The minimum absolute atomic E-state index is 0.392. The second-order valence-corrected chi connectivity index (χ2v) is 9.74. The zero-order valence-corrected chi connectivity index (χ0v) is 18.1. The molecule has 3 aliphatic rings. The summed E-state index contributed by atoms with van der Waals surface area (Å²) >= 11 is 0. The highest BCUT2D eigenvalue weighted by Gasteiger charge is 2.50. The van der Waals surface area contributed by atoms with Crippen LogP contribution in [0.15, 0.2) is 54.6 Å². The van der Waals surface area contributed by atoms with E-state index in [1.165, 1.54) is 28.7 Å². The van der Waals surface area contributed by atoms with Crippen LogP contribution in [0.25, 0.3) is 11.1 Å². The topological polar surface area (TPSA) is 40.5 Å². The standard InChI is InChI=1S/C28H30O2/c1-15(2)7-20-8-17(4)10-22(28(20)30)19-11-21-18-12-24(23(21)14-19)25(13-18)26-9-16(3)5-6-27(26)29/h5-6,8-11,13,18,21,23-24,29-30H,1,7,12,14H2,2-4H3. The Kier molecular flexibility index (Phi) is 4.43. The van der Waals surface area contributed by atoms with Crippen LogP contribution in [0.1, 0.15) is 47.6 Å². The second kappa shape index (κ2) is 6.91. The van der Waals surface area contributed by atoms with Gasteiger partial charge in [-0.15, -0.1) is 0 Å². The third kappa shape index (κ3) is 3.01. The lowest BCUT2D eigenvalue weighted by Crippen LogP contribution is -2.16. The average Bonchev–Trinajstić information content (AvgIpc) is 3.37. The predicted octanol–water partition coefficient (Wildman–Crippen LogP) is 6.59. The Hall–Kier alpha value is -2.74. The highest BCUT2D eigenvalue weighted by molar-refractivity contribution is 5.80. The third-order valence-corrected chi connectivity index (χ3v) is 7.31. The number of benzene rings is 2. The Labute approximate surface area is 179 Å². The van der Waals surface area contributed by atoms with Gasteiger partial charge in [-0.1, -0.05) is 42.0 Å². The molecule has 0 aliphatic heterocycles. The number of hydrogen-bond acceptors (Lipinski definition) is 2. The van der Waals surface area contributed by atoms with E-state index in [0.717, 1.165) is 28.7 Å². The number of allylic oxidation sites excluding steroid dienone is 5. The molecule has 3 aliphatic carbocycles. The molecule has 0 saturated heterocycles. The highest BCUT2D eigenvalue weighted by Crippen LogP contribution is 2.61. The number of aryl methyl sites for hydroxylation is 2. The van der Waals surface area contributed by atoms with Gasteiger partial charge in [0.15, 0.2) is 0 Å². The number of phenols is 2. The van der Waals surface area contributed by atoms with Crippen LogP contribution in [0.3, 0.4) is 0 Å². The summed E-state index contributed by atoms with van der Waals surface area (Å²) < 4.78 is 0. The molecule has 2 nitrogen and oxygen atoms in total. The second-order valence-electron chi connectivity index (χ2n) is 9.74. The maximum absolute atomic E-state index is 11.0. The number of hydrogen-bond donors (Lipinski definition) is 2. The van der Waals surface area contributed by atoms with Gasteiger partial charge in [-0.05, 0) is 104 Å². The van der Waals surface area contributed by atoms with Crippen molar-refractivity contribution in [3.63, 3.8) is 0 Å². The van der Waals surface area contributed by atoms with E-state index in [1.54, 1.807) is 0 Å². The Balaban J connectivity index is 1.46. The van der Waals surface area contributed by atoms with Gasteiger partial charge in [0.25, 0.3) is 0 Å². The number of aromatic hydroxyl groups is 2. The summed E-state index contributed by atoms with van der Waals surface area (Å²) in [5.74, 6) is 2.95. The van der Waals surface area contributed by atoms with Crippen molar-refractivity contribution in [2.45, 2.75) is 40.0 Å². The first-order valence-corrected chi connectivity index (χ1v) is 11.0. The van der Waals surface area contributed by atoms with Crippen LogP contribution in [-0.4, -0.2) is 10.2 Å². The fraction of sp³-hybridized carbons (Fsp3) is 0.357. The van der Waals surface area contributed by atoms with E-state index in [1.807, 2.05) is 19.1 Å². The molecule has 30 heavy (non-hydrogen) atoms. The molecule has 154 valence electrons. The first-order valence-electron chi connectivity index (χ1n) is 11.0. The minimum atomic E-state index is 0.392. The van der Waals surface area contributed by atoms with Gasteiger partial charge in [0.05, 0.1) is 0 Å². The number of fused-ring (bicyclic) bond motifs is 5. The van der Waals surface area contributed by atoms with Crippen LogP contribution in [0.4, 0.5) is 0 Å². The maximum Gasteiger partial charge on any atom is 0.126 e. The molecule has 5 rings (SSSR count). The zero-order valence-electron chi connectivity index (χ0n) is 18.1. The zero-order chi connectivity index (χ0) is 21.2. The van der Waals surface area contributed by atoms with Gasteiger partial charge in [0, 0.05) is 11.1 Å². The Morgan fingerprint density at radius 1 is 1.03 bits per heavy atom. The molecule has 2 bridgehead atoms. The van der Waals surface area contributed by atoms with Crippen molar-refractivity contribution in [3.8, 4) is 11.5 Å². The molecule has 2 aromatic carbocycles. The van der Waals surface area contributed by atoms with E-state index in [0.29, 0.717) is 41.6 Å². The van der Waals surface area contributed by atoms with E-state index in [-0.39, 0.29) is 0 Å². The van der Waals surface area contributed by atoms with Crippen LogP contribution in [-0.2, 0) is 6.42 Å². The lowest BCUT2D eigenvalue weighted by atomic mass is 9.78. The fourth-order valence-electron chi connectivity index (χ4n) is 6.11. The maximum atomic E-state index is 11.0. The Bertz CT molecular complexity index is 1120. The van der Waals surface area contributed by atoms with Crippen LogP contribution >= 0.6 is 0 Å². The van der Waals surface area contributed by atoms with Gasteiger partial charge in [-0.3, -0.25) is 0 Å². The summed E-state index contributed by atoms with van der Waals surface area (Å²) in [6.45, 7) is 10.2. The van der Waals surface area contributed by atoms with Crippen molar-refractivity contribution in [3.05, 3.63) is 82.5 Å². The van der Waals surface area contributed by atoms with Crippen molar-refractivity contribution in [1.82, 2.24) is 0 Å². The highest BCUT2D eigenvalue weighted by atomic mass is 16.3. The average molecular weight is 399 g/mol. The van der Waals surface area contributed by atoms with E-state index in [9.17, 15) is 10.2 Å². The van der Waals surface area contributed by atoms with Gasteiger partial charge in [0.2, 0.25) is 0 Å². The lowest BCUT2D eigenvalue weighted by molar-refractivity contribution is 0.405. The van der Waals surface area contributed by atoms with Crippen LogP contribution in [0, 0.1) is 37.5 Å². The number of phenolic OH excluding ortho intramolecular Hbond substituents is 2. The van der Waals surface area contributed by atoms with Gasteiger partial charge in [-0.2, -0.15) is 0 Å². The first-order chi connectivity index (χ1) is 14.3. The van der Waals surface area contributed by atoms with Crippen molar-refractivity contribution in [1.29, 1.82) is 0 Å². The van der Waals surface area contributed by atoms with Crippen molar-refractivity contribution >= 4 is 11.1 Å². The SMILES string of the molecule is C=C(C)Cc1cc(C)cc(C2=CC3C4C=C(c5cc(C)ccc5O)C(C4)C3C2)c1O. The third-order valence-electron chi connectivity index (χ3n) is 7.31. The van der Waals surface area contributed by atoms with Crippen molar-refractivity contribution in [2.24, 2.45) is 23.7 Å². The molecule has 0 radical (unpaired) electrons. The first kappa shape index (κ1) is 19.2. The van der Waals surface area contributed by atoms with E-state index in [4.69, 9.17) is 0 Å². The molecule has 1 saturated carbocycles. The molecule has 0 amide bonds. The summed E-state index contributed by atoms with van der Waals surface area (Å²) in [5, 5.41) is 21.5. The van der Waals surface area contributed by atoms with Gasteiger partial charge in [-0.25, -0.2) is 0 Å². The summed E-state index contributed by atoms with van der Waals surface area (Å²) in [5.41, 5.74) is 9.02. The Morgan fingerprint density at radius 2 is 1.80 bits per heavy atom. The summed E-state index contributed by atoms with van der Waals surface area (Å²) in [6.07, 6.45) is 7.73.